The van der Waals surface area contributed by atoms with Gasteiger partial charge in [0, 0.05) is 15.6 Å². The van der Waals surface area contributed by atoms with Crippen LogP contribution in [0, 0.1) is 5.82 Å². The van der Waals surface area contributed by atoms with E-state index in [1.807, 2.05) is 0 Å². The van der Waals surface area contributed by atoms with Gasteiger partial charge in [-0.15, -0.1) is 22.7 Å². The van der Waals surface area contributed by atoms with E-state index in [2.05, 4.69) is 0 Å². The fourth-order valence-electron chi connectivity index (χ4n) is 2.30. The van der Waals surface area contributed by atoms with Crippen molar-refractivity contribution in [2.75, 3.05) is 6.61 Å². The summed E-state index contributed by atoms with van der Waals surface area (Å²) in [6, 6.07) is 7.71. The van der Waals surface area contributed by atoms with Crippen LogP contribution < -0.4 is 0 Å². The Morgan fingerprint density at radius 3 is 2.60 bits per heavy atom. The quantitative estimate of drug-likeness (QED) is 0.548. The fraction of sp³-hybridized carbons (Fsp3) is 0.176. The molecule has 0 fully saturated rings. The summed E-state index contributed by atoms with van der Waals surface area (Å²) in [5.41, 5.74) is 0.313. The molecule has 130 valence electrons. The molecule has 0 saturated carbocycles. The van der Waals surface area contributed by atoms with Crippen LogP contribution in [0.3, 0.4) is 0 Å². The second kappa shape index (κ2) is 7.51. The Balaban J connectivity index is 1.94. The molecular weight excluding hydrogens is 387 g/mol. The molecule has 1 aromatic carbocycles. The average Bonchev–Trinajstić information content (AvgIpc) is 3.17. The zero-order chi connectivity index (χ0) is 18.0. The van der Waals surface area contributed by atoms with Gasteiger partial charge in [-0.25, -0.2) is 14.0 Å². The maximum atomic E-state index is 14.3. The third-order valence-electron chi connectivity index (χ3n) is 3.35. The lowest BCUT2D eigenvalue weighted by Crippen LogP contribution is -2.09. The van der Waals surface area contributed by atoms with Crippen molar-refractivity contribution in [3.63, 3.8) is 0 Å². The number of carbonyl (C=O) groups excluding carboxylic acids is 2. The topological polar surface area (TPSA) is 52.6 Å². The number of benzene rings is 1. The highest BCUT2D eigenvalue weighted by Crippen LogP contribution is 2.34. The molecule has 0 spiro atoms. The predicted molar refractivity (Wildman–Crippen MR) is 96.2 cm³/mol. The lowest BCUT2D eigenvalue weighted by molar-refractivity contribution is 0.0459. The van der Waals surface area contributed by atoms with Crippen molar-refractivity contribution < 1.29 is 23.5 Å². The molecule has 25 heavy (non-hydrogen) atoms. The third-order valence-corrected chi connectivity index (χ3v) is 5.73. The Kier molecular flexibility index (Phi) is 5.36. The third kappa shape index (κ3) is 3.68. The second-order valence-corrected chi connectivity index (χ2v) is 7.69. The highest BCUT2D eigenvalue weighted by atomic mass is 35.5. The van der Waals surface area contributed by atoms with Crippen LogP contribution in [0.5, 0.6) is 0 Å². The molecule has 0 aliphatic heterocycles. The molecule has 0 radical (unpaired) electrons. The number of fused-ring (bicyclic) bond motifs is 1. The van der Waals surface area contributed by atoms with E-state index in [0.29, 0.717) is 19.5 Å². The first-order valence-corrected chi connectivity index (χ1v) is 9.31. The summed E-state index contributed by atoms with van der Waals surface area (Å²) in [4.78, 5) is 24.8. The SMILES string of the molecule is CCOC(=O)c1sc2cccc(F)c2c1COC(=O)c1ccc(Cl)s1. The van der Waals surface area contributed by atoms with Gasteiger partial charge >= 0.3 is 11.9 Å². The van der Waals surface area contributed by atoms with E-state index >= 15 is 0 Å². The zero-order valence-corrected chi connectivity index (χ0v) is 15.4. The molecular formula is C17H12ClFO4S2. The van der Waals surface area contributed by atoms with Crippen LogP contribution in [-0.4, -0.2) is 18.5 Å². The van der Waals surface area contributed by atoms with Crippen molar-refractivity contribution >= 4 is 56.3 Å². The van der Waals surface area contributed by atoms with E-state index in [-0.39, 0.29) is 23.5 Å². The van der Waals surface area contributed by atoms with E-state index in [1.54, 1.807) is 31.2 Å². The Labute approximate surface area is 155 Å². The van der Waals surface area contributed by atoms with Crippen LogP contribution in [0.25, 0.3) is 10.1 Å². The van der Waals surface area contributed by atoms with Crippen LogP contribution >= 0.6 is 34.3 Å². The minimum atomic E-state index is -0.581. The average molecular weight is 399 g/mol. The van der Waals surface area contributed by atoms with Gasteiger partial charge in [0.1, 0.15) is 22.2 Å². The monoisotopic (exact) mass is 398 g/mol. The summed E-state index contributed by atoms with van der Waals surface area (Å²) in [5.74, 6) is -1.62. The maximum Gasteiger partial charge on any atom is 0.348 e. The van der Waals surface area contributed by atoms with Gasteiger partial charge in [-0.1, -0.05) is 17.7 Å². The standard InChI is InChI=1S/C17H12ClFO4S2/c1-2-22-17(21)15-9(14-10(19)4-3-5-11(14)25-15)8-23-16(20)12-6-7-13(18)24-12/h3-7H,2,8H2,1H3. The Morgan fingerprint density at radius 1 is 1.12 bits per heavy atom. The van der Waals surface area contributed by atoms with Crippen LogP contribution in [0.15, 0.2) is 30.3 Å². The first-order chi connectivity index (χ1) is 12.0. The maximum absolute atomic E-state index is 14.3. The van der Waals surface area contributed by atoms with Gasteiger partial charge in [0.2, 0.25) is 0 Å². The summed E-state index contributed by atoms with van der Waals surface area (Å²) in [6.07, 6.45) is 0. The Hall–Kier alpha value is -1.96. The van der Waals surface area contributed by atoms with Gasteiger partial charge in [-0.05, 0) is 31.2 Å². The van der Waals surface area contributed by atoms with Gasteiger partial charge in [0.25, 0.3) is 0 Å². The molecule has 0 atom stereocenters. The Bertz CT molecular complexity index is 947. The lowest BCUT2D eigenvalue weighted by atomic mass is 10.1. The normalized spacial score (nSPS) is 10.8. The molecule has 0 aliphatic rings. The molecule has 0 bridgehead atoms. The van der Waals surface area contributed by atoms with Gasteiger partial charge in [0.05, 0.1) is 10.9 Å². The van der Waals surface area contributed by atoms with Crippen molar-refractivity contribution in [1.82, 2.24) is 0 Å². The summed E-state index contributed by atoms with van der Waals surface area (Å²) in [5, 5.41) is 0.271. The van der Waals surface area contributed by atoms with Gasteiger partial charge in [0.15, 0.2) is 0 Å². The summed E-state index contributed by atoms with van der Waals surface area (Å²) < 4.78 is 25.6. The molecule has 0 amide bonds. The van der Waals surface area contributed by atoms with E-state index in [4.69, 9.17) is 21.1 Å². The minimum Gasteiger partial charge on any atom is -0.462 e. The minimum absolute atomic E-state index is 0.197. The smallest absolute Gasteiger partial charge is 0.348 e. The van der Waals surface area contributed by atoms with Crippen LogP contribution in [-0.2, 0) is 16.1 Å². The van der Waals surface area contributed by atoms with Crippen molar-refractivity contribution in [2.45, 2.75) is 13.5 Å². The number of hydrogen-bond acceptors (Lipinski definition) is 6. The molecule has 0 aliphatic carbocycles. The van der Waals surface area contributed by atoms with Crippen LogP contribution in [0.1, 0.15) is 31.8 Å². The fourth-order valence-corrected chi connectivity index (χ4v) is 4.35. The molecule has 4 nitrogen and oxygen atoms in total. The molecule has 2 heterocycles. The van der Waals surface area contributed by atoms with E-state index < -0.39 is 17.8 Å². The first kappa shape index (κ1) is 17.8. The molecule has 3 rings (SSSR count). The van der Waals surface area contributed by atoms with Crippen LogP contribution in [0.4, 0.5) is 4.39 Å². The number of rotatable bonds is 5. The number of halogens is 2. The van der Waals surface area contributed by atoms with E-state index in [1.165, 1.54) is 6.07 Å². The lowest BCUT2D eigenvalue weighted by Gasteiger charge is -2.06. The number of esters is 2. The number of carbonyl (C=O) groups is 2. The first-order valence-electron chi connectivity index (χ1n) is 7.30. The summed E-state index contributed by atoms with van der Waals surface area (Å²) >= 11 is 8.01. The van der Waals surface area contributed by atoms with Gasteiger partial charge < -0.3 is 9.47 Å². The second-order valence-electron chi connectivity index (χ2n) is 4.92. The molecule has 0 saturated heterocycles. The van der Waals surface area contributed by atoms with Crippen molar-refractivity contribution in [3.05, 3.63) is 55.8 Å². The molecule has 2 aromatic heterocycles. The van der Waals surface area contributed by atoms with E-state index in [9.17, 15) is 14.0 Å². The Morgan fingerprint density at radius 2 is 1.92 bits per heavy atom. The number of ether oxygens (including phenoxy) is 2. The largest absolute Gasteiger partial charge is 0.462 e. The highest BCUT2D eigenvalue weighted by Gasteiger charge is 2.23. The van der Waals surface area contributed by atoms with E-state index in [0.717, 1.165) is 22.7 Å². The summed E-state index contributed by atoms with van der Waals surface area (Å²) in [7, 11) is 0. The molecule has 8 heteroatoms. The van der Waals surface area contributed by atoms with Crippen LogP contribution in [0.2, 0.25) is 4.34 Å². The zero-order valence-electron chi connectivity index (χ0n) is 13.0. The van der Waals surface area contributed by atoms with Crippen molar-refractivity contribution in [2.24, 2.45) is 0 Å². The predicted octanol–water partition coefficient (Wildman–Crippen LogP) is 5.29. The van der Waals surface area contributed by atoms with Crippen molar-refractivity contribution in [1.29, 1.82) is 0 Å². The number of hydrogen-bond donors (Lipinski definition) is 0. The molecule has 3 aromatic rings. The molecule has 0 unspecified atom stereocenters. The number of thiophene rings is 2. The highest BCUT2D eigenvalue weighted by molar-refractivity contribution is 7.21. The molecule has 0 N–H and O–H groups in total. The van der Waals surface area contributed by atoms with Gasteiger partial charge in [-0.3, -0.25) is 0 Å². The summed E-state index contributed by atoms with van der Waals surface area (Å²) in [6.45, 7) is 1.65. The van der Waals surface area contributed by atoms with Crippen molar-refractivity contribution in [3.8, 4) is 0 Å². The van der Waals surface area contributed by atoms with Gasteiger partial charge in [-0.2, -0.15) is 0 Å².